The quantitative estimate of drug-likeness (QED) is 0.750. The van der Waals surface area contributed by atoms with Gasteiger partial charge in [-0.15, -0.1) is 11.8 Å². The second-order valence-electron chi connectivity index (χ2n) is 4.17. The van der Waals surface area contributed by atoms with Gasteiger partial charge < -0.3 is 4.74 Å². The number of nitrogens with one attached hydrogen (secondary N) is 1. The molecule has 0 bridgehead atoms. The van der Waals surface area contributed by atoms with E-state index in [-0.39, 0.29) is 6.61 Å². The molecule has 0 aliphatic heterocycles. The maximum atomic E-state index is 11.8. The highest BCUT2D eigenvalue weighted by atomic mass is 35.5. The van der Waals surface area contributed by atoms with E-state index in [2.05, 4.69) is 5.32 Å². The molecular weight excluding hydrogens is 329 g/mol. The van der Waals surface area contributed by atoms with Crippen LogP contribution in [0.2, 0.25) is 10.0 Å². The predicted molar refractivity (Wildman–Crippen MR) is 88.5 cm³/mol. The van der Waals surface area contributed by atoms with Crippen LogP contribution in [0.15, 0.2) is 47.4 Å². The van der Waals surface area contributed by atoms with Crippen LogP contribution in [0.1, 0.15) is 5.56 Å². The summed E-state index contributed by atoms with van der Waals surface area (Å²) in [5, 5.41) is 3.49. The molecule has 110 valence electrons. The van der Waals surface area contributed by atoms with Crippen LogP contribution < -0.4 is 5.32 Å². The second kappa shape index (κ2) is 7.59. The highest BCUT2D eigenvalue weighted by Gasteiger charge is 2.07. The molecule has 0 saturated carbocycles. The molecule has 0 aliphatic carbocycles. The summed E-state index contributed by atoms with van der Waals surface area (Å²) >= 11 is 13.3. The summed E-state index contributed by atoms with van der Waals surface area (Å²) < 4.78 is 5.20. The molecular formula is C15H13Cl2NO2S. The number of carbonyl (C=O) groups is 1. The normalized spacial score (nSPS) is 10.2. The summed E-state index contributed by atoms with van der Waals surface area (Å²) in [6.07, 6.45) is 1.43. The van der Waals surface area contributed by atoms with Gasteiger partial charge in [0.25, 0.3) is 0 Å². The Labute approximate surface area is 137 Å². The van der Waals surface area contributed by atoms with Gasteiger partial charge in [0.15, 0.2) is 0 Å². The Balaban J connectivity index is 1.96. The summed E-state index contributed by atoms with van der Waals surface area (Å²) in [5.74, 6) is 0. The van der Waals surface area contributed by atoms with E-state index in [1.807, 2.05) is 30.5 Å². The Kier molecular flexibility index (Phi) is 5.79. The van der Waals surface area contributed by atoms with E-state index in [4.69, 9.17) is 27.9 Å². The molecule has 0 heterocycles. The van der Waals surface area contributed by atoms with E-state index in [1.165, 1.54) is 0 Å². The van der Waals surface area contributed by atoms with Crippen molar-refractivity contribution in [2.45, 2.75) is 11.5 Å². The number of thioether (sulfide) groups is 1. The molecule has 0 saturated heterocycles. The molecule has 0 aromatic heterocycles. The van der Waals surface area contributed by atoms with Gasteiger partial charge in [0, 0.05) is 26.2 Å². The first-order valence-electron chi connectivity index (χ1n) is 6.10. The highest BCUT2D eigenvalue weighted by molar-refractivity contribution is 7.98. The third kappa shape index (κ3) is 4.84. The molecule has 0 fully saturated rings. The van der Waals surface area contributed by atoms with Crippen molar-refractivity contribution in [3.05, 3.63) is 58.1 Å². The molecule has 0 radical (unpaired) electrons. The van der Waals surface area contributed by atoms with E-state index in [9.17, 15) is 4.79 Å². The lowest BCUT2D eigenvalue weighted by Gasteiger charge is -2.10. The van der Waals surface area contributed by atoms with E-state index < -0.39 is 6.09 Å². The number of hydrogen-bond donors (Lipinski definition) is 1. The second-order valence-corrected chi connectivity index (χ2v) is 5.89. The lowest BCUT2D eigenvalue weighted by Crippen LogP contribution is -2.13. The number of amides is 1. The van der Waals surface area contributed by atoms with Crippen molar-refractivity contribution in [1.82, 2.24) is 0 Å². The molecule has 2 aromatic carbocycles. The SMILES string of the molecule is CSc1ccccc1COC(=O)Nc1cc(Cl)cc(Cl)c1. The zero-order valence-corrected chi connectivity index (χ0v) is 13.6. The molecule has 0 spiro atoms. The number of anilines is 1. The van der Waals surface area contributed by atoms with Gasteiger partial charge in [0.1, 0.15) is 6.61 Å². The topological polar surface area (TPSA) is 38.3 Å². The predicted octanol–water partition coefficient (Wildman–Crippen LogP) is 5.46. The number of halogens is 2. The van der Waals surface area contributed by atoms with Crippen LogP contribution in [0.5, 0.6) is 0 Å². The van der Waals surface area contributed by atoms with Gasteiger partial charge >= 0.3 is 6.09 Å². The van der Waals surface area contributed by atoms with Crippen LogP contribution in [0.25, 0.3) is 0 Å². The Morgan fingerprint density at radius 3 is 2.52 bits per heavy atom. The summed E-state index contributed by atoms with van der Waals surface area (Å²) in [4.78, 5) is 12.9. The van der Waals surface area contributed by atoms with Crippen LogP contribution in [-0.2, 0) is 11.3 Å². The molecule has 3 nitrogen and oxygen atoms in total. The Morgan fingerprint density at radius 1 is 1.19 bits per heavy atom. The van der Waals surface area contributed by atoms with Crippen molar-refractivity contribution in [3.8, 4) is 0 Å². The summed E-state index contributed by atoms with van der Waals surface area (Å²) in [6.45, 7) is 0.206. The minimum atomic E-state index is -0.552. The van der Waals surface area contributed by atoms with Gasteiger partial charge in [-0.25, -0.2) is 4.79 Å². The van der Waals surface area contributed by atoms with Crippen molar-refractivity contribution in [2.75, 3.05) is 11.6 Å². The average Bonchev–Trinajstić information content (AvgIpc) is 2.44. The Bertz CT molecular complexity index is 629. The fourth-order valence-electron chi connectivity index (χ4n) is 1.75. The molecule has 0 unspecified atom stereocenters. The third-order valence-electron chi connectivity index (χ3n) is 2.66. The largest absolute Gasteiger partial charge is 0.444 e. The number of benzene rings is 2. The minimum Gasteiger partial charge on any atom is -0.444 e. The lowest BCUT2D eigenvalue weighted by molar-refractivity contribution is 0.154. The van der Waals surface area contributed by atoms with Gasteiger partial charge in [0.2, 0.25) is 0 Å². The fourth-order valence-corrected chi connectivity index (χ4v) is 2.88. The van der Waals surface area contributed by atoms with Crippen LogP contribution in [0.3, 0.4) is 0 Å². The molecule has 2 aromatic rings. The number of ether oxygens (including phenoxy) is 1. The number of carbonyl (C=O) groups excluding carboxylic acids is 1. The van der Waals surface area contributed by atoms with Gasteiger partial charge in [0.05, 0.1) is 0 Å². The number of rotatable bonds is 4. The molecule has 0 aliphatic rings. The van der Waals surface area contributed by atoms with E-state index in [1.54, 1.807) is 30.0 Å². The first-order chi connectivity index (χ1) is 10.1. The Hall–Kier alpha value is -1.36. The average molecular weight is 342 g/mol. The number of hydrogen-bond acceptors (Lipinski definition) is 3. The monoisotopic (exact) mass is 341 g/mol. The first kappa shape index (κ1) is 16.0. The molecule has 1 N–H and O–H groups in total. The van der Waals surface area contributed by atoms with Crippen LogP contribution in [-0.4, -0.2) is 12.3 Å². The fraction of sp³-hybridized carbons (Fsp3) is 0.133. The van der Waals surface area contributed by atoms with E-state index in [0.29, 0.717) is 15.7 Å². The van der Waals surface area contributed by atoms with E-state index in [0.717, 1.165) is 10.5 Å². The molecule has 21 heavy (non-hydrogen) atoms. The molecule has 0 atom stereocenters. The van der Waals surface area contributed by atoms with Crippen molar-refractivity contribution in [3.63, 3.8) is 0 Å². The van der Waals surface area contributed by atoms with Gasteiger partial charge in [-0.1, -0.05) is 41.4 Å². The maximum absolute atomic E-state index is 11.8. The summed E-state index contributed by atoms with van der Waals surface area (Å²) in [6, 6.07) is 12.6. The third-order valence-corrected chi connectivity index (χ3v) is 3.93. The van der Waals surface area contributed by atoms with Crippen LogP contribution in [0.4, 0.5) is 10.5 Å². The van der Waals surface area contributed by atoms with Crippen molar-refractivity contribution in [1.29, 1.82) is 0 Å². The minimum absolute atomic E-state index is 0.206. The zero-order chi connectivity index (χ0) is 15.2. The summed E-state index contributed by atoms with van der Waals surface area (Å²) in [5.41, 5.74) is 1.46. The zero-order valence-electron chi connectivity index (χ0n) is 11.2. The van der Waals surface area contributed by atoms with Crippen molar-refractivity contribution >= 4 is 46.7 Å². The van der Waals surface area contributed by atoms with Crippen LogP contribution in [0, 0.1) is 0 Å². The molecule has 1 amide bonds. The Morgan fingerprint density at radius 2 is 1.86 bits per heavy atom. The smallest absolute Gasteiger partial charge is 0.411 e. The van der Waals surface area contributed by atoms with Crippen molar-refractivity contribution < 1.29 is 9.53 Å². The van der Waals surface area contributed by atoms with Gasteiger partial charge in [-0.3, -0.25) is 5.32 Å². The van der Waals surface area contributed by atoms with E-state index >= 15 is 0 Å². The van der Waals surface area contributed by atoms with Gasteiger partial charge in [-0.2, -0.15) is 0 Å². The lowest BCUT2D eigenvalue weighted by atomic mass is 10.2. The van der Waals surface area contributed by atoms with Crippen molar-refractivity contribution in [2.24, 2.45) is 0 Å². The van der Waals surface area contributed by atoms with Gasteiger partial charge in [-0.05, 0) is 30.5 Å². The first-order valence-corrected chi connectivity index (χ1v) is 8.08. The maximum Gasteiger partial charge on any atom is 0.411 e. The molecule has 6 heteroatoms. The van der Waals surface area contributed by atoms with Crippen LogP contribution >= 0.6 is 35.0 Å². The standard InChI is InChI=1S/C15H13Cl2NO2S/c1-21-14-5-3-2-4-10(14)9-20-15(19)18-13-7-11(16)6-12(17)8-13/h2-8H,9H2,1H3,(H,18,19). The molecule has 2 rings (SSSR count). The summed E-state index contributed by atoms with van der Waals surface area (Å²) in [7, 11) is 0. The highest BCUT2D eigenvalue weighted by Crippen LogP contribution is 2.23.